The Bertz CT molecular complexity index is 394. The Morgan fingerprint density at radius 2 is 2.00 bits per heavy atom. The van der Waals surface area contributed by atoms with Crippen LogP contribution in [0, 0.1) is 0 Å². The summed E-state index contributed by atoms with van der Waals surface area (Å²) < 4.78 is 6.25. The highest BCUT2D eigenvalue weighted by molar-refractivity contribution is 5.88. The third-order valence-corrected chi connectivity index (χ3v) is 2.65. The van der Waals surface area contributed by atoms with Crippen molar-refractivity contribution in [3.8, 4) is 0 Å². The highest BCUT2D eigenvalue weighted by Gasteiger charge is 2.15. The first kappa shape index (κ1) is 13.3. The first-order valence-corrected chi connectivity index (χ1v) is 5.65. The van der Waals surface area contributed by atoms with Crippen LogP contribution in [0.15, 0.2) is 18.3 Å². The summed E-state index contributed by atoms with van der Waals surface area (Å²) in [5.74, 6) is -0.432. The molecule has 0 aliphatic rings. The van der Waals surface area contributed by atoms with Crippen LogP contribution in [0.3, 0.4) is 0 Å². The van der Waals surface area contributed by atoms with E-state index in [1.807, 2.05) is 13.8 Å². The van der Waals surface area contributed by atoms with Crippen LogP contribution in [-0.2, 0) is 16.1 Å². The predicted octanol–water partition coefficient (Wildman–Crippen LogP) is 1.14. The van der Waals surface area contributed by atoms with E-state index >= 15 is 0 Å². The summed E-state index contributed by atoms with van der Waals surface area (Å²) in [6, 6.07) is 3.36. The number of aromatic nitrogens is 1. The number of likely N-dealkylation sites (N-methyl/N-ethyl adjacent to an activating group) is 1. The minimum atomic E-state index is -0.428. The van der Waals surface area contributed by atoms with Gasteiger partial charge in [0.05, 0.1) is 7.11 Å². The Morgan fingerprint density at radius 1 is 1.35 bits per heavy atom. The first-order valence-electron chi connectivity index (χ1n) is 5.65. The molecule has 0 radical (unpaired) electrons. The molecule has 1 amide bonds. The van der Waals surface area contributed by atoms with Crippen LogP contribution in [0.25, 0.3) is 0 Å². The lowest BCUT2D eigenvalue weighted by molar-refractivity contribution is -0.131. The highest BCUT2D eigenvalue weighted by Crippen LogP contribution is 2.05. The lowest BCUT2D eigenvalue weighted by Gasteiger charge is -2.19. The van der Waals surface area contributed by atoms with Crippen molar-refractivity contribution in [2.45, 2.75) is 20.4 Å². The molecule has 0 saturated carbocycles. The Hall–Kier alpha value is -1.78. The van der Waals surface area contributed by atoms with Crippen LogP contribution in [0.4, 0.5) is 0 Å². The first-order chi connectivity index (χ1) is 8.13. The van der Waals surface area contributed by atoms with E-state index in [0.717, 1.165) is 0 Å². The van der Waals surface area contributed by atoms with Gasteiger partial charge in [0.1, 0.15) is 12.2 Å². The second-order valence-corrected chi connectivity index (χ2v) is 3.58. The summed E-state index contributed by atoms with van der Waals surface area (Å²) in [5.41, 5.74) is 0.396. The summed E-state index contributed by atoms with van der Waals surface area (Å²) in [4.78, 5) is 25.0. The van der Waals surface area contributed by atoms with Crippen molar-refractivity contribution < 1.29 is 14.3 Å². The number of methoxy groups -OCH3 is 1. The van der Waals surface area contributed by atoms with Crippen LogP contribution >= 0.6 is 0 Å². The van der Waals surface area contributed by atoms with Gasteiger partial charge in [0.25, 0.3) is 0 Å². The molecule has 94 valence electrons. The third-order valence-electron chi connectivity index (χ3n) is 2.65. The van der Waals surface area contributed by atoms with Gasteiger partial charge in [-0.15, -0.1) is 0 Å². The van der Waals surface area contributed by atoms with Crippen LogP contribution in [-0.4, -0.2) is 41.5 Å². The average molecular weight is 238 g/mol. The lowest BCUT2D eigenvalue weighted by Crippen LogP contribution is -2.33. The predicted molar refractivity (Wildman–Crippen MR) is 63.7 cm³/mol. The summed E-state index contributed by atoms with van der Waals surface area (Å²) in [6.07, 6.45) is 1.70. The van der Waals surface area contributed by atoms with Crippen molar-refractivity contribution in [2.24, 2.45) is 0 Å². The molecule has 1 rings (SSSR count). The van der Waals surface area contributed by atoms with Crippen molar-refractivity contribution >= 4 is 11.9 Å². The second kappa shape index (κ2) is 6.08. The zero-order valence-electron chi connectivity index (χ0n) is 10.5. The summed E-state index contributed by atoms with van der Waals surface area (Å²) >= 11 is 0. The van der Waals surface area contributed by atoms with E-state index in [-0.39, 0.29) is 12.5 Å². The smallest absolute Gasteiger partial charge is 0.354 e. The molecule has 0 atom stereocenters. The molecule has 1 aromatic heterocycles. The monoisotopic (exact) mass is 238 g/mol. The van der Waals surface area contributed by atoms with Crippen LogP contribution in [0.1, 0.15) is 24.3 Å². The largest absolute Gasteiger partial charge is 0.464 e. The number of esters is 1. The van der Waals surface area contributed by atoms with Crippen molar-refractivity contribution in [1.29, 1.82) is 0 Å². The fourth-order valence-electron chi connectivity index (χ4n) is 1.66. The summed E-state index contributed by atoms with van der Waals surface area (Å²) in [7, 11) is 1.33. The number of nitrogens with zero attached hydrogens (tertiary/aromatic N) is 2. The van der Waals surface area contributed by atoms with Gasteiger partial charge in [-0.05, 0) is 26.0 Å². The third kappa shape index (κ3) is 3.09. The highest BCUT2D eigenvalue weighted by atomic mass is 16.5. The van der Waals surface area contributed by atoms with E-state index in [0.29, 0.717) is 18.8 Å². The average Bonchev–Trinajstić information content (AvgIpc) is 2.77. The van der Waals surface area contributed by atoms with Gasteiger partial charge in [-0.1, -0.05) is 0 Å². The Kier molecular flexibility index (Phi) is 4.75. The van der Waals surface area contributed by atoms with Gasteiger partial charge in [0, 0.05) is 19.3 Å². The number of hydrogen-bond donors (Lipinski definition) is 0. The number of ether oxygens (including phenoxy) is 1. The standard InChI is InChI=1S/C12H18N2O3/c1-4-13(5-2)11(15)9-14-8-6-7-10(14)12(16)17-3/h6-8H,4-5,9H2,1-3H3. The molecule has 0 unspecified atom stereocenters. The van der Waals surface area contributed by atoms with Crippen molar-refractivity contribution in [2.75, 3.05) is 20.2 Å². The molecule has 0 bridgehead atoms. The number of carbonyl (C=O) groups is 2. The van der Waals surface area contributed by atoms with Crippen LogP contribution in [0.5, 0.6) is 0 Å². The van der Waals surface area contributed by atoms with Gasteiger partial charge in [-0.3, -0.25) is 4.79 Å². The molecule has 0 spiro atoms. The molecule has 17 heavy (non-hydrogen) atoms. The Balaban J connectivity index is 2.78. The van der Waals surface area contributed by atoms with Crippen LogP contribution < -0.4 is 0 Å². The molecule has 0 fully saturated rings. The van der Waals surface area contributed by atoms with E-state index in [9.17, 15) is 9.59 Å². The fraction of sp³-hybridized carbons (Fsp3) is 0.500. The maximum absolute atomic E-state index is 11.9. The number of hydrogen-bond acceptors (Lipinski definition) is 3. The quantitative estimate of drug-likeness (QED) is 0.723. The van der Waals surface area contributed by atoms with Gasteiger partial charge in [0.2, 0.25) is 5.91 Å². The SMILES string of the molecule is CCN(CC)C(=O)Cn1cccc1C(=O)OC. The molecule has 5 heteroatoms. The van der Waals surface area contributed by atoms with Gasteiger partial charge < -0.3 is 14.2 Å². The molecule has 1 heterocycles. The molecule has 0 aliphatic carbocycles. The van der Waals surface area contributed by atoms with Gasteiger partial charge >= 0.3 is 5.97 Å². The normalized spacial score (nSPS) is 10.1. The second-order valence-electron chi connectivity index (χ2n) is 3.58. The molecule has 1 aromatic rings. The van der Waals surface area contributed by atoms with E-state index in [1.54, 1.807) is 27.8 Å². The van der Waals surface area contributed by atoms with Gasteiger partial charge in [-0.25, -0.2) is 4.79 Å². The number of carbonyl (C=O) groups excluding carboxylic acids is 2. The van der Waals surface area contributed by atoms with E-state index in [2.05, 4.69) is 4.74 Å². The zero-order valence-corrected chi connectivity index (χ0v) is 10.5. The maximum atomic E-state index is 11.9. The lowest BCUT2D eigenvalue weighted by atomic mass is 10.4. The summed E-state index contributed by atoms with van der Waals surface area (Å²) in [6.45, 7) is 5.37. The van der Waals surface area contributed by atoms with E-state index in [1.165, 1.54) is 7.11 Å². The molecular weight excluding hydrogens is 220 g/mol. The minimum absolute atomic E-state index is 0.00338. The minimum Gasteiger partial charge on any atom is -0.464 e. The fourth-order valence-corrected chi connectivity index (χ4v) is 1.66. The summed E-state index contributed by atoms with van der Waals surface area (Å²) in [5, 5.41) is 0. The van der Waals surface area contributed by atoms with E-state index in [4.69, 9.17) is 0 Å². The van der Waals surface area contributed by atoms with Gasteiger partial charge in [0.15, 0.2) is 0 Å². The Labute approximate surface area is 101 Å². The number of amides is 1. The van der Waals surface area contributed by atoms with Crippen molar-refractivity contribution in [3.63, 3.8) is 0 Å². The van der Waals surface area contributed by atoms with Crippen molar-refractivity contribution in [1.82, 2.24) is 9.47 Å². The van der Waals surface area contributed by atoms with Crippen molar-refractivity contribution in [3.05, 3.63) is 24.0 Å². The van der Waals surface area contributed by atoms with E-state index < -0.39 is 5.97 Å². The molecule has 0 aliphatic heterocycles. The van der Waals surface area contributed by atoms with Gasteiger partial charge in [-0.2, -0.15) is 0 Å². The zero-order chi connectivity index (χ0) is 12.8. The number of rotatable bonds is 5. The molecular formula is C12H18N2O3. The maximum Gasteiger partial charge on any atom is 0.354 e. The van der Waals surface area contributed by atoms with Crippen LogP contribution in [0.2, 0.25) is 0 Å². The topological polar surface area (TPSA) is 51.5 Å². The molecule has 0 N–H and O–H groups in total. The molecule has 0 saturated heterocycles. The molecule has 5 nitrogen and oxygen atoms in total. The molecule has 0 aromatic carbocycles. The Morgan fingerprint density at radius 3 is 2.53 bits per heavy atom.